The smallest absolute Gasteiger partial charge is 0.364 e. The highest BCUT2D eigenvalue weighted by molar-refractivity contribution is 6.67. The number of hydrogen-bond acceptors (Lipinski definition) is 5. The number of aliphatic hydroxyl groups is 1. The Morgan fingerprint density at radius 1 is 1.31 bits per heavy atom. The lowest BCUT2D eigenvalue weighted by molar-refractivity contribution is 0.123. The van der Waals surface area contributed by atoms with Gasteiger partial charge in [0.25, 0.3) is 0 Å². The molecule has 96 valence electrons. The summed E-state index contributed by atoms with van der Waals surface area (Å²) in [7, 11) is 0.858. The van der Waals surface area contributed by atoms with Gasteiger partial charge in [-0.2, -0.15) is 0 Å². The van der Waals surface area contributed by atoms with Gasteiger partial charge in [0.1, 0.15) is 0 Å². The van der Waals surface area contributed by atoms with E-state index in [1.165, 1.54) is 0 Å². The SMILES string of the molecule is CO[Si](C)(OC)C(O)CCN1CCNCC1. The minimum absolute atomic E-state index is 0.461. The van der Waals surface area contributed by atoms with Crippen LogP contribution in [0.5, 0.6) is 0 Å². The van der Waals surface area contributed by atoms with Crippen molar-refractivity contribution in [2.75, 3.05) is 46.9 Å². The molecular formula is C10H24N2O3Si. The molecule has 0 aromatic heterocycles. The first kappa shape index (κ1) is 14.1. The molecule has 1 atom stereocenters. The molecule has 2 N–H and O–H groups in total. The number of nitrogens with one attached hydrogen (secondary N) is 1. The van der Waals surface area contributed by atoms with Crippen molar-refractivity contribution in [3.8, 4) is 0 Å². The van der Waals surface area contributed by atoms with Crippen molar-refractivity contribution in [3.63, 3.8) is 0 Å². The van der Waals surface area contributed by atoms with Crippen LogP contribution in [0.25, 0.3) is 0 Å². The summed E-state index contributed by atoms with van der Waals surface area (Å²) in [5.41, 5.74) is -0.461. The lowest BCUT2D eigenvalue weighted by Gasteiger charge is -2.31. The van der Waals surface area contributed by atoms with Crippen LogP contribution in [0.4, 0.5) is 0 Å². The maximum Gasteiger partial charge on any atom is 0.364 e. The average Bonchev–Trinajstić information content (AvgIpc) is 2.36. The van der Waals surface area contributed by atoms with Gasteiger partial charge in [-0.3, -0.25) is 0 Å². The summed E-state index contributed by atoms with van der Waals surface area (Å²) in [5.74, 6) is 0. The van der Waals surface area contributed by atoms with Crippen molar-refractivity contribution < 1.29 is 14.0 Å². The van der Waals surface area contributed by atoms with Crippen LogP contribution in [0.3, 0.4) is 0 Å². The third-order valence-corrected chi connectivity index (χ3v) is 6.46. The Kier molecular flexibility index (Phi) is 5.88. The van der Waals surface area contributed by atoms with Crippen molar-refractivity contribution in [1.29, 1.82) is 0 Å². The molecule has 0 aromatic carbocycles. The molecule has 1 unspecified atom stereocenters. The molecule has 0 radical (unpaired) electrons. The number of aliphatic hydroxyl groups excluding tert-OH is 1. The summed E-state index contributed by atoms with van der Waals surface area (Å²) >= 11 is 0. The van der Waals surface area contributed by atoms with E-state index in [1.807, 2.05) is 6.55 Å². The van der Waals surface area contributed by atoms with Crippen molar-refractivity contribution >= 4 is 8.56 Å². The Morgan fingerprint density at radius 3 is 2.38 bits per heavy atom. The molecule has 1 aliphatic heterocycles. The van der Waals surface area contributed by atoms with E-state index in [2.05, 4.69) is 10.2 Å². The quantitative estimate of drug-likeness (QED) is 0.624. The molecule has 1 saturated heterocycles. The van der Waals surface area contributed by atoms with Gasteiger partial charge >= 0.3 is 8.56 Å². The van der Waals surface area contributed by atoms with E-state index in [0.717, 1.165) is 39.1 Å². The normalized spacial score (nSPS) is 21.0. The summed E-state index contributed by atoms with van der Waals surface area (Å²) in [6, 6.07) is 0. The van der Waals surface area contributed by atoms with Crippen LogP contribution in [0.15, 0.2) is 0 Å². The van der Waals surface area contributed by atoms with Gasteiger partial charge in [0, 0.05) is 46.9 Å². The number of hydrogen-bond donors (Lipinski definition) is 2. The van der Waals surface area contributed by atoms with E-state index >= 15 is 0 Å². The predicted molar refractivity (Wildman–Crippen MR) is 65.6 cm³/mol. The van der Waals surface area contributed by atoms with Crippen LogP contribution in [0.2, 0.25) is 6.55 Å². The molecule has 1 fully saturated rings. The number of piperazine rings is 1. The number of rotatable bonds is 6. The van der Waals surface area contributed by atoms with Gasteiger partial charge in [-0.15, -0.1) is 0 Å². The van der Waals surface area contributed by atoms with Crippen LogP contribution in [0, 0.1) is 0 Å². The maximum atomic E-state index is 10.1. The van der Waals surface area contributed by atoms with Gasteiger partial charge in [0.05, 0.1) is 5.73 Å². The molecule has 0 spiro atoms. The van der Waals surface area contributed by atoms with Gasteiger partial charge in [-0.25, -0.2) is 0 Å². The predicted octanol–water partition coefficient (Wildman–Crippen LogP) is -0.453. The molecule has 1 aliphatic rings. The Balaban J connectivity index is 2.30. The van der Waals surface area contributed by atoms with Crippen LogP contribution in [-0.2, 0) is 8.85 Å². The second-order valence-corrected chi connectivity index (χ2v) is 7.84. The first-order chi connectivity index (χ1) is 7.62. The molecule has 1 heterocycles. The van der Waals surface area contributed by atoms with Crippen LogP contribution < -0.4 is 5.32 Å². The highest BCUT2D eigenvalue weighted by atomic mass is 28.4. The number of nitrogens with zero attached hydrogens (tertiary/aromatic N) is 1. The molecule has 0 amide bonds. The molecule has 0 saturated carbocycles. The summed E-state index contributed by atoms with van der Waals surface area (Å²) in [4.78, 5) is 2.36. The third kappa shape index (κ3) is 3.79. The highest BCUT2D eigenvalue weighted by Crippen LogP contribution is 2.14. The Hall–Kier alpha value is 0.0169. The minimum Gasteiger partial charge on any atom is -0.396 e. The van der Waals surface area contributed by atoms with Crippen molar-refractivity contribution in [2.24, 2.45) is 0 Å². The lowest BCUT2D eigenvalue weighted by atomic mass is 10.3. The van der Waals surface area contributed by atoms with Gasteiger partial charge in [-0.1, -0.05) is 0 Å². The Bertz CT molecular complexity index is 197. The standard InChI is InChI=1S/C10H24N2O3Si/c1-14-16(3,15-2)10(13)4-7-12-8-5-11-6-9-12/h10-11,13H,4-9H2,1-3H3. The fourth-order valence-electron chi connectivity index (χ4n) is 1.86. The van der Waals surface area contributed by atoms with Crippen LogP contribution in [0.1, 0.15) is 6.42 Å². The van der Waals surface area contributed by atoms with Gasteiger partial charge in [-0.05, 0) is 13.0 Å². The largest absolute Gasteiger partial charge is 0.396 e. The van der Waals surface area contributed by atoms with Crippen molar-refractivity contribution in [3.05, 3.63) is 0 Å². The average molecular weight is 248 g/mol. The fraction of sp³-hybridized carbons (Fsp3) is 1.00. The van der Waals surface area contributed by atoms with E-state index in [1.54, 1.807) is 14.2 Å². The molecule has 0 aromatic rings. The second kappa shape index (κ2) is 6.68. The Labute approximate surface area is 99.0 Å². The van der Waals surface area contributed by atoms with Gasteiger partial charge in [0.15, 0.2) is 0 Å². The van der Waals surface area contributed by atoms with Gasteiger partial charge < -0.3 is 24.2 Å². The lowest BCUT2D eigenvalue weighted by Crippen LogP contribution is -2.51. The maximum absolute atomic E-state index is 10.1. The minimum atomic E-state index is -2.37. The van der Waals surface area contributed by atoms with E-state index < -0.39 is 14.3 Å². The third-order valence-electron chi connectivity index (χ3n) is 3.34. The molecule has 0 aliphatic carbocycles. The molecule has 0 bridgehead atoms. The van der Waals surface area contributed by atoms with E-state index in [9.17, 15) is 5.11 Å². The Morgan fingerprint density at radius 2 is 1.88 bits per heavy atom. The second-order valence-electron chi connectivity index (χ2n) is 4.32. The van der Waals surface area contributed by atoms with E-state index in [4.69, 9.17) is 8.85 Å². The zero-order valence-corrected chi connectivity index (χ0v) is 11.5. The summed E-state index contributed by atoms with van der Waals surface area (Å²) in [5, 5.41) is 13.4. The van der Waals surface area contributed by atoms with Crippen LogP contribution >= 0.6 is 0 Å². The van der Waals surface area contributed by atoms with Crippen molar-refractivity contribution in [2.45, 2.75) is 18.7 Å². The topological polar surface area (TPSA) is 54.0 Å². The van der Waals surface area contributed by atoms with Crippen LogP contribution in [-0.4, -0.2) is 71.2 Å². The van der Waals surface area contributed by atoms with E-state index in [0.29, 0.717) is 0 Å². The van der Waals surface area contributed by atoms with Gasteiger partial charge in [0.2, 0.25) is 0 Å². The fourth-order valence-corrected chi connectivity index (χ4v) is 3.22. The molecule has 16 heavy (non-hydrogen) atoms. The van der Waals surface area contributed by atoms with E-state index in [-0.39, 0.29) is 0 Å². The molecule has 6 heteroatoms. The zero-order chi connectivity index (χ0) is 12.0. The highest BCUT2D eigenvalue weighted by Gasteiger charge is 2.38. The molecule has 5 nitrogen and oxygen atoms in total. The first-order valence-electron chi connectivity index (χ1n) is 5.84. The summed E-state index contributed by atoms with van der Waals surface area (Å²) in [6.07, 6.45) is 0.727. The first-order valence-corrected chi connectivity index (χ1v) is 8.23. The summed E-state index contributed by atoms with van der Waals surface area (Å²) < 4.78 is 10.6. The zero-order valence-electron chi connectivity index (χ0n) is 10.5. The van der Waals surface area contributed by atoms with Crippen molar-refractivity contribution in [1.82, 2.24) is 10.2 Å². The molecule has 1 rings (SSSR count). The monoisotopic (exact) mass is 248 g/mol. The molecular weight excluding hydrogens is 224 g/mol. The summed E-state index contributed by atoms with van der Waals surface area (Å²) in [6.45, 7) is 7.02.